The Balaban J connectivity index is 2.60. The second-order valence-electron chi connectivity index (χ2n) is 4.91. The summed E-state index contributed by atoms with van der Waals surface area (Å²) >= 11 is 0. The van der Waals surface area contributed by atoms with Crippen molar-refractivity contribution in [3.05, 3.63) is 24.3 Å². The zero-order chi connectivity index (χ0) is 15.7. The smallest absolute Gasteiger partial charge is 0.260 e. The van der Waals surface area contributed by atoms with Gasteiger partial charge in [-0.3, -0.25) is 4.79 Å². The Kier molecular flexibility index (Phi) is 7.61. The Morgan fingerprint density at radius 2 is 1.86 bits per heavy atom. The minimum Gasteiger partial charge on any atom is -0.484 e. The number of benzene rings is 1. The van der Waals surface area contributed by atoms with Crippen LogP contribution in [0.2, 0.25) is 0 Å². The molecule has 0 aliphatic carbocycles. The van der Waals surface area contributed by atoms with Gasteiger partial charge in [-0.1, -0.05) is 13.8 Å². The van der Waals surface area contributed by atoms with Gasteiger partial charge in [-0.05, 0) is 37.1 Å². The average molecular weight is 294 g/mol. The Morgan fingerprint density at radius 1 is 1.24 bits per heavy atom. The highest BCUT2D eigenvalue weighted by Crippen LogP contribution is 2.14. The van der Waals surface area contributed by atoms with E-state index in [-0.39, 0.29) is 18.6 Å². The summed E-state index contributed by atoms with van der Waals surface area (Å²) in [6.07, 6.45) is 1.85. The minimum atomic E-state index is -0.0161. The molecule has 1 aromatic rings. The van der Waals surface area contributed by atoms with Crippen molar-refractivity contribution in [3.63, 3.8) is 0 Å². The summed E-state index contributed by atoms with van der Waals surface area (Å²) in [6.45, 7) is 5.32. The van der Waals surface area contributed by atoms with Gasteiger partial charge < -0.3 is 20.1 Å². The predicted octanol–water partition coefficient (Wildman–Crippen LogP) is 2.31. The number of nitrogens with zero attached hydrogens (tertiary/aromatic N) is 1. The summed E-state index contributed by atoms with van der Waals surface area (Å²) in [5.74, 6) is 0.631. The van der Waals surface area contributed by atoms with Gasteiger partial charge in [0.15, 0.2) is 6.61 Å². The number of carbonyl (C=O) groups excluding carboxylic acids is 1. The van der Waals surface area contributed by atoms with Crippen molar-refractivity contribution in [2.24, 2.45) is 0 Å². The number of methoxy groups -OCH3 is 1. The number of hydrogen-bond donors (Lipinski definition) is 1. The lowest BCUT2D eigenvalue weighted by molar-refractivity contribution is -0.136. The number of anilines is 1. The van der Waals surface area contributed by atoms with E-state index in [1.54, 1.807) is 31.4 Å². The first-order chi connectivity index (χ1) is 10.1. The molecular weight excluding hydrogens is 268 g/mol. The summed E-state index contributed by atoms with van der Waals surface area (Å²) in [7, 11) is 1.64. The SMILES string of the molecule is CCC(CC)N(CCOC)C(=O)COc1ccc(N)cc1. The average Bonchev–Trinajstić information content (AvgIpc) is 2.50. The maximum atomic E-state index is 12.4. The molecule has 0 heterocycles. The number of nitrogens with two attached hydrogens (primary N) is 1. The topological polar surface area (TPSA) is 64.8 Å². The van der Waals surface area contributed by atoms with Gasteiger partial charge in [0.25, 0.3) is 5.91 Å². The fourth-order valence-electron chi connectivity index (χ4n) is 2.22. The Hall–Kier alpha value is -1.75. The highest BCUT2D eigenvalue weighted by molar-refractivity contribution is 5.78. The standard InChI is InChI=1S/C16H26N2O3/c1-4-14(5-2)18(10-11-20-3)16(19)12-21-15-8-6-13(17)7-9-15/h6-9,14H,4-5,10-12,17H2,1-3H3. The van der Waals surface area contributed by atoms with Crippen LogP contribution in [0.4, 0.5) is 5.69 Å². The minimum absolute atomic E-state index is 0.0161. The quantitative estimate of drug-likeness (QED) is 0.710. The highest BCUT2D eigenvalue weighted by atomic mass is 16.5. The predicted molar refractivity (Wildman–Crippen MR) is 84.3 cm³/mol. The summed E-state index contributed by atoms with van der Waals surface area (Å²) in [4.78, 5) is 14.2. The molecule has 0 aliphatic rings. The van der Waals surface area contributed by atoms with Gasteiger partial charge >= 0.3 is 0 Å². The van der Waals surface area contributed by atoms with Gasteiger partial charge in [0.2, 0.25) is 0 Å². The van der Waals surface area contributed by atoms with Crippen molar-refractivity contribution in [3.8, 4) is 5.75 Å². The Morgan fingerprint density at radius 3 is 2.38 bits per heavy atom. The summed E-state index contributed by atoms with van der Waals surface area (Å²) in [5, 5.41) is 0. The van der Waals surface area contributed by atoms with Crippen LogP contribution < -0.4 is 10.5 Å². The lowest BCUT2D eigenvalue weighted by atomic mass is 10.1. The molecule has 118 valence electrons. The number of carbonyl (C=O) groups is 1. The molecule has 0 unspecified atom stereocenters. The number of nitrogen functional groups attached to an aromatic ring is 1. The monoisotopic (exact) mass is 294 g/mol. The molecule has 1 aromatic carbocycles. The largest absolute Gasteiger partial charge is 0.484 e. The van der Waals surface area contributed by atoms with Gasteiger partial charge in [0.1, 0.15) is 5.75 Å². The van der Waals surface area contributed by atoms with E-state index in [0.717, 1.165) is 12.8 Å². The van der Waals surface area contributed by atoms with Crippen LogP contribution in [0.5, 0.6) is 5.75 Å². The first-order valence-electron chi connectivity index (χ1n) is 7.39. The number of hydrogen-bond acceptors (Lipinski definition) is 4. The molecule has 0 saturated carbocycles. The van der Waals surface area contributed by atoms with E-state index in [9.17, 15) is 4.79 Å². The first kappa shape index (κ1) is 17.3. The molecule has 2 N–H and O–H groups in total. The molecule has 0 bridgehead atoms. The van der Waals surface area contributed by atoms with E-state index in [4.69, 9.17) is 15.2 Å². The molecule has 1 rings (SSSR count). The van der Waals surface area contributed by atoms with Gasteiger partial charge in [0, 0.05) is 25.4 Å². The maximum absolute atomic E-state index is 12.4. The number of rotatable bonds is 9. The molecule has 5 nitrogen and oxygen atoms in total. The van der Waals surface area contributed by atoms with Crippen LogP contribution in [0.1, 0.15) is 26.7 Å². The van der Waals surface area contributed by atoms with E-state index in [1.165, 1.54) is 0 Å². The zero-order valence-electron chi connectivity index (χ0n) is 13.2. The normalized spacial score (nSPS) is 10.7. The molecule has 0 atom stereocenters. The molecule has 1 amide bonds. The summed E-state index contributed by atoms with van der Waals surface area (Å²) in [5.41, 5.74) is 6.29. The third kappa shape index (κ3) is 5.63. The zero-order valence-corrected chi connectivity index (χ0v) is 13.2. The third-order valence-electron chi connectivity index (χ3n) is 3.48. The molecule has 0 radical (unpaired) electrons. The van der Waals surface area contributed by atoms with Crippen molar-refractivity contribution in [1.29, 1.82) is 0 Å². The molecule has 0 aliphatic heterocycles. The van der Waals surface area contributed by atoms with Crippen molar-refractivity contribution in [1.82, 2.24) is 4.90 Å². The molecule has 0 saturated heterocycles. The van der Waals surface area contributed by atoms with Crippen molar-refractivity contribution in [2.75, 3.05) is 32.6 Å². The molecule has 5 heteroatoms. The van der Waals surface area contributed by atoms with E-state index >= 15 is 0 Å². The third-order valence-corrected chi connectivity index (χ3v) is 3.48. The van der Waals surface area contributed by atoms with Gasteiger partial charge in [-0.15, -0.1) is 0 Å². The van der Waals surface area contributed by atoms with Gasteiger partial charge in [-0.2, -0.15) is 0 Å². The van der Waals surface area contributed by atoms with E-state index < -0.39 is 0 Å². The molecule has 0 fully saturated rings. The first-order valence-corrected chi connectivity index (χ1v) is 7.39. The fourth-order valence-corrected chi connectivity index (χ4v) is 2.22. The lowest BCUT2D eigenvalue weighted by Crippen LogP contribution is -2.44. The van der Waals surface area contributed by atoms with Crippen LogP contribution in [-0.4, -0.2) is 43.7 Å². The van der Waals surface area contributed by atoms with Crippen LogP contribution >= 0.6 is 0 Å². The summed E-state index contributed by atoms with van der Waals surface area (Å²) < 4.78 is 10.6. The molecule has 21 heavy (non-hydrogen) atoms. The van der Waals surface area contributed by atoms with E-state index in [2.05, 4.69) is 13.8 Å². The number of ether oxygens (including phenoxy) is 2. The van der Waals surface area contributed by atoms with E-state index in [0.29, 0.717) is 24.6 Å². The van der Waals surface area contributed by atoms with Gasteiger partial charge in [0.05, 0.1) is 6.61 Å². The van der Waals surface area contributed by atoms with Crippen molar-refractivity contribution < 1.29 is 14.3 Å². The van der Waals surface area contributed by atoms with E-state index in [1.807, 2.05) is 4.90 Å². The molecule has 0 spiro atoms. The van der Waals surface area contributed by atoms with Crippen molar-refractivity contribution >= 4 is 11.6 Å². The van der Waals surface area contributed by atoms with Crippen LogP contribution in [0.3, 0.4) is 0 Å². The number of amides is 1. The maximum Gasteiger partial charge on any atom is 0.260 e. The second kappa shape index (κ2) is 9.23. The Bertz CT molecular complexity index is 416. The van der Waals surface area contributed by atoms with Crippen LogP contribution in [-0.2, 0) is 9.53 Å². The van der Waals surface area contributed by atoms with Gasteiger partial charge in [-0.25, -0.2) is 0 Å². The van der Waals surface area contributed by atoms with Crippen LogP contribution in [0, 0.1) is 0 Å². The van der Waals surface area contributed by atoms with Crippen molar-refractivity contribution in [2.45, 2.75) is 32.7 Å². The molecule has 0 aromatic heterocycles. The van der Waals surface area contributed by atoms with Crippen LogP contribution in [0.25, 0.3) is 0 Å². The Labute approximate surface area is 127 Å². The fraction of sp³-hybridized carbons (Fsp3) is 0.562. The second-order valence-corrected chi connectivity index (χ2v) is 4.91. The lowest BCUT2D eigenvalue weighted by Gasteiger charge is -2.30. The highest BCUT2D eigenvalue weighted by Gasteiger charge is 2.21. The molecular formula is C16H26N2O3. The summed E-state index contributed by atoms with van der Waals surface area (Å²) in [6, 6.07) is 7.26. The van der Waals surface area contributed by atoms with Crippen LogP contribution in [0.15, 0.2) is 24.3 Å².